The van der Waals surface area contributed by atoms with Crippen molar-refractivity contribution in [3.63, 3.8) is 0 Å². The fourth-order valence-corrected chi connectivity index (χ4v) is 2.33. The van der Waals surface area contributed by atoms with E-state index >= 15 is 0 Å². The van der Waals surface area contributed by atoms with Crippen LogP contribution in [0.4, 0.5) is 11.4 Å². The van der Waals surface area contributed by atoms with Gasteiger partial charge in [0.25, 0.3) is 0 Å². The average Bonchev–Trinajstić information content (AvgIpc) is 2.47. The van der Waals surface area contributed by atoms with Crippen LogP contribution in [0, 0.1) is 5.92 Å². The summed E-state index contributed by atoms with van der Waals surface area (Å²) in [4.78, 5) is 2.19. The van der Waals surface area contributed by atoms with Crippen molar-refractivity contribution in [3.05, 3.63) is 59.7 Å². The van der Waals surface area contributed by atoms with E-state index < -0.39 is 0 Å². The third-order valence-electron chi connectivity index (χ3n) is 3.53. The van der Waals surface area contributed by atoms with E-state index in [1.54, 1.807) is 0 Å². The summed E-state index contributed by atoms with van der Waals surface area (Å²) in [5, 5.41) is 0. The monoisotopic (exact) mass is 268 g/mol. The first-order valence-electron chi connectivity index (χ1n) is 7.22. The molecule has 20 heavy (non-hydrogen) atoms. The molecule has 2 nitrogen and oxygen atoms in total. The third-order valence-corrected chi connectivity index (χ3v) is 3.53. The Labute approximate surface area is 122 Å². The number of rotatable bonds is 5. The Morgan fingerprint density at radius 1 is 0.850 bits per heavy atom. The first kappa shape index (κ1) is 14.6. The molecule has 2 N–H and O–H groups in total. The molecule has 0 aliphatic carbocycles. The zero-order valence-electron chi connectivity index (χ0n) is 12.6. The van der Waals surface area contributed by atoms with Crippen LogP contribution in [0.1, 0.15) is 25.0 Å². The van der Waals surface area contributed by atoms with Crippen LogP contribution in [0.25, 0.3) is 0 Å². The van der Waals surface area contributed by atoms with Crippen LogP contribution in [0.3, 0.4) is 0 Å². The fraction of sp³-hybridized carbons (Fsp3) is 0.333. The van der Waals surface area contributed by atoms with Crippen LogP contribution in [-0.2, 0) is 13.0 Å². The molecule has 0 bridgehead atoms. The van der Waals surface area contributed by atoms with Crippen molar-refractivity contribution in [2.45, 2.75) is 26.8 Å². The number of nitrogens with two attached hydrogens (primary N) is 1. The Bertz CT molecular complexity index is 526. The zero-order chi connectivity index (χ0) is 14.5. The highest BCUT2D eigenvalue weighted by Crippen LogP contribution is 2.24. The number of anilines is 2. The average molecular weight is 268 g/mol. The van der Waals surface area contributed by atoms with Crippen molar-refractivity contribution in [1.29, 1.82) is 0 Å². The van der Waals surface area contributed by atoms with Gasteiger partial charge in [0.15, 0.2) is 0 Å². The highest BCUT2D eigenvalue weighted by molar-refractivity contribution is 5.62. The lowest BCUT2D eigenvalue weighted by molar-refractivity contribution is 0.647. The van der Waals surface area contributed by atoms with E-state index in [0.717, 1.165) is 12.0 Å². The molecule has 0 fully saturated rings. The lowest BCUT2D eigenvalue weighted by Gasteiger charge is -2.20. The van der Waals surface area contributed by atoms with Gasteiger partial charge in [-0.05, 0) is 47.7 Å². The van der Waals surface area contributed by atoms with Gasteiger partial charge in [0, 0.05) is 25.0 Å². The number of nitrogens with zero attached hydrogens (tertiary/aromatic N) is 1. The van der Waals surface area contributed by atoms with Gasteiger partial charge < -0.3 is 10.6 Å². The molecule has 0 spiro atoms. The predicted octanol–water partition coefficient (Wildman–Crippen LogP) is 4.11. The maximum absolute atomic E-state index is 5.63. The Morgan fingerprint density at radius 2 is 1.30 bits per heavy atom. The maximum Gasteiger partial charge on any atom is 0.0408 e. The van der Waals surface area contributed by atoms with E-state index in [9.17, 15) is 0 Å². The van der Waals surface area contributed by atoms with Gasteiger partial charge in [-0.25, -0.2) is 0 Å². The van der Waals surface area contributed by atoms with Crippen LogP contribution in [0.15, 0.2) is 48.5 Å². The molecule has 0 atom stereocenters. The highest BCUT2D eigenvalue weighted by atomic mass is 15.1. The van der Waals surface area contributed by atoms with Gasteiger partial charge in [-0.2, -0.15) is 0 Å². The third kappa shape index (κ3) is 3.61. The molecule has 0 saturated carbocycles. The van der Waals surface area contributed by atoms with E-state index in [0.29, 0.717) is 12.5 Å². The SMILES string of the molecule is CC(C)Cc1ccc(N(C)c2ccc(CN)cc2)cc1. The van der Waals surface area contributed by atoms with Crippen LogP contribution in [0.5, 0.6) is 0 Å². The minimum Gasteiger partial charge on any atom is -0.345 e. The summed E-state index contributed by atoms with van der Waals surface area (Å²) in [6, 6.07) is 17.2. The molecule has 106 valence electrons. The smallest absolute Gasteiger partial charge is 0.0408 e. The minimum atomic E-state index is 0.591. The summed E-state index contributed by atoms with van der Waals surface area (Å²) in [5.74, 6) is 0.697. The Hall–Kier alpha value is -1.80. The second-order valence-electron chi connectivity index (χ2n) is 5.69. The van der Waals surface area contributed by atoms with Crippen molar-refractivity contribution in [1.82, 2.24) is 0 Å². The summed E-state index contributed by atoms with van der Waals surface area (Å²) in [6.45, 7) is 5.09. The van der Waals surface area contributed by atoms with Crippen LogP contribution < -0.4 is 10.6 Å². The number of hydrogen-bond donors (Lipinski definition) is 1. The molecule has 2 rings (SSSR count). The fourth-order valence-electron chi connectivity index (χ4n) is 2.33. The van der Waals surface area contributed by atoms with Crippen molar-refractivity contribution in [3.8, 4) is 0 Å². The molecule has 2 heteroatoms. The maximum atomic E-state index is 5.63. The normalized spacial score (nSPS) is 10.8. The van der Waals surface area contributed by atoms with Crippen LogP contribution in [0.2, 0.25) is 0 Å². The topological polar surface area (TPSA) is 29.3 Å². The van der Waals surface area contributed by atoms with E-state index in [1.807, 2.05) is 0 Å². The molecular formula is C18H24N2. The van der Waals surface area contributed by atoms with Gasteiger partial charge in [0.2, 0.25) is 0 Å². The van der Waals surface area contributed by atoms with Crippen molar-refractivity contribution in [2.75, 3.05) is 11.9 Å². The van der Waals surface area contributed by atoms with Crippen molar-refractivity contribution < 1.29 is 0 Å². The van der Waals surface area contributed by atoms with Gasteiger partial charge >= 0.3 is 0 Å². The summed E-state index contributed by atoms with van der Waals surface area (Å²) in [6.07, 6.45) is 1.13. The van der Waals surface area contributed by atoms with Gasteiger partial charge in [0.05, 0.1) is 0 Å². The molecule has 2 aromatic carbocycles. The van der Waals surface area contributed by atoms with Gasteiger partial charge in [-0.3, -0.25) is 0 Å². The highest BCUT2D eigenvalue weighted by Gasteiger charge is 2.04. The molecule has 0 saturated heterocycles. The first-order chi connectivity index (χ1) is 9.60. The summed E-state index contributed by atoms with van der Waals surface area (Å²) in [7, 11) is 2.09. The molecule has 0 aliphatic rings. The quantitative estimate of drug-likeness (QED) is 0.884. The lowest BCUT2D eigenvalue weighted by atomic mass is 10.0. The number of hydrogen-bond acceptors (Lipinski definition) is 2. The van der Waals surface area contributed by atoms with E-state index in [1.165, 1.54) is 16.9 Å². The summed E-state index contributed by atoms with van der Waals surface area (Å²) >= 11 is 0. The van der Waals surface area contributed by atoms with Gasteiger partial charge in [-0.15, -0.1) is 0 Å². The molecule has 2 aromatic rings. The standard InChI is InChI=1S/C18H24N2/c1-14(2)12-15-4-8-17(9-5-15)20(3)18-10-6-16(13-19)7-11-18/h4-11,14H,12-13,19H2,1-3H3. The molecule has 0 amide bonds. The molecule has 0 aliphatic heterocycles. The Morgan fingerprint density at radius 3 is 1.70 bits per heavy atom. The zero-order valence-corrected chi connectivity index (χ0v) is 12.6. The second kappa shape index (κ2) is 6.58. The van der Waals surface area contributed by atoms with E-state index in [-0.39, 0.29) is 0 Å². The van der Waals surface area contributed by atoms with Crippen LogP contribution in [-0.4, -0.2) is 7.05 Å². The largest absolute Gasteiger partial charge is 0.345 e. The number of benzene rings is 2. The minimum absolute atomic E-state index is 0.591. The van der Waals surface area contributed by atoms with Gasteiger partial charge in [0.1, 0.15) is 0 Å². The molecule has 0 heterocycles. The first-order valence-corrected chi connectivity index (χ1v) is 7.22. The van der Waals surface area contributed by atoms with E-state index in [2.05, 4.69) is 74.3 Å². The van der Waals surface area contributed by atoms with Crippen molar-refractivity contribution >= 4 is 11.4 Å². The summed E-state index contributed by atoms with van der Waals surface area (Å²) < 4.78 is 0. The van der Waals surface area contributed by atoms with Gasteiger partial charge in [-0.1, -0.05) is 38.1 Å². The molecule has 0 radical (unpaired) electrons. The summed E-state index contributed by atoms with van der Waals surface area (Å²) in [5.41, 5.74) is 10.6. The lowest BCUT2D eigenvalue weighted by Crippen LogP contribution is -2.09. The molecule has 0 aromatic heterocycles. The molecular weight excluding hydrogens is 244 g/mol. The Kier molecular flexibility index (Phi) is 4.80. The second-order valence-corrected chi connectivity index (χ2v) is 5.69. The Balaban J connectivity index is 2.13. The van der Waals surface area contributed by atoms with Crippen molar-refractivity contribution in [2.24, 2.45) is 11.7 Å². The molecule has 0 unspecified atom stereocenters. The van der Waals surface area contributed by atoms with E-state index in [4.69, 9.17) is 5.73 Å². The predicted molar refractivity (Wildman–Crippen MR) is 87.4 cm³/mol. The van der Waals surface area contributed by atoms with Crippen LogP contribution >= 0.6 is 0 Å².